The fourth-order valence-corrected chi connectivity index (χ4v) is 2.70. The molecule has 0 unspecified atom stereocenters. The summed E-state index contributed by atoms with van der Waals surface area (Å²) < 4.78 is 2.26. The van der Waals surface area contributed by atoms with Crippen LogP contribution in [-0.2, 0) is 13.0 Å². The van der Waals surface area contributed by atoms with E-state index < -0.39 is 0 Å². The second-order valence-electron chi connectivity index (χ2n) is 5.69. The van der Waals surface area contributed by atoms with Crippen LogP contribution in [0.2, 0.25) is 0 Å². The molecule has 0 amide bonds. The molecule has 2 heterocycles. The molecule has 1 aromatic carbocycles. The lowest BCUT2D eigenvalue weighted by Gasteiger charge is -2.06. The molecule has 0 fully saturated rings. The van der Waals surface area contributed by atoms with Gasteiger partial charge >= 0.3 is 0 Å². The topological polar surface area (TPSA) is 68.2 Å². The second kappa shape index (κ2) is 10.0. The van der Waals surface area contributed by atoms with Gasteiger partial charge in [-0.25, -0.2) is 0 Å². The minimum absolute atomic E-state index is 0. The highest BCUT2D eigenvalue weighted by Gasteiger charge is 1.99. The predicted octanol–water partition coefficient (Wildman–Crippen LogP) is 3.19. The van der Waals surface area contributed by atoms with Gasteiger partial charge in [0.05, 0.1) is 0 Å². The van der Waals surface area contributed by atoms with Gasteiger partial charge in [0.15, 0.2) is 5.96 Å². The van der Waals surface area contributed by atoms with Crippen LogP contribution in [0.3, 0.4) is 0 Å². The molecule has 3 rings (SSSR count). The Morgan fingerprint density at radius 1 is 1.12 bits per heavy atom. The van der Waals surface area contributed by atoms with Crippen molar-refractivity contribution >= 4 is 40.8 Å². The fourth-order valence-electron chi connectivity index (χ4n) is 2.70. The number of halogens is 1. The van der Waals surface area contributed by atoms with E-state index in [0.29, 0.717) is 5.96 Å². The molecule has 5 nitrogen and oxygen atoms in total. The molecule has 0 saturated carbocycles. The average Bonchev–Trinajstić information content (AvgIpc) is 3.03. The van der Waals surface area contributed by atoms with Crippen molar-refractivity contribution in [3.63, 3.8) is 0 Å². The molecule has 0 saturated heterocycles. The quantitative estimate of drug-likeness (QED) is 0.252. The third kappa shape index (κ3) is 5.74. The molecule has 0 aliphatic heterocycles. The third-order valence-corrected chi connectivity index (χ3v) is 3.93. The van der Waals surface area contributed by atoms with E-state index in [-0.39, 0.29) is 24.0 Å². The van der Waals surface area contributed by atoms with Crippen LogP contribution in [0.1, 0.15) is 12.1 Å². The van der Waals surface area contributed by atoms with E-state index in [4.69, 9.17) is 5.73 Å². The van der Waals surface area contributed by atoms with E-state index in [0.717, 1.165) is 38.2 Å². The van der Waals surface area contributed by atoms with Gasteiger partial charge in [-0.3, -0.25) is 9.98 Å². The van der Waals surface area contributed by atoms with Crippen molar-refractivity contribution in [2.45, 2.75) is 19.4 Å². The van der Waals surface area contributed by atoms with Crippen LogP contribution in [0.4, 0.5) is 0 Å². The molecule has 6 heteroatoms. The number of pyridine rings is 1. The van der Waals surface area contributed by atoms with Crippen molar-refractivity contribution in [3.8, 4) is 0 Å². The van der Waals surface area contributed by atoms with Crippen LogP contribution in [0.5, 0.6) is 0 Å². The Hall–Kier alpha value is -2.09. The van der Waals surface area contributed by atoms with Crippen LogP contribution in [0.25, 0.3) is 10.9 Å². The highest BCUT2D eigenvalue weighted by molar-refractivity contribution is 14.0. The van der Waals surface area contributed by atoms with E-state index in [1.807, 2.05) is 18.2 Å². The van der Waals surface area contributed by atoms with E-state index in [9.17, 15) is 0 Å². The van der Waals surface area contributed by atoms with Crippen molar-refractivity contribution in [1.29, 1.82) is 0 Å². The molecular formula is C19H24IN5. The smallest absolute Gasteiger partial charge is 0.188 e. The predicted molar refractivity (Wildman–Crippen MR) is 114 cm³/mol. The summed E-state index contributed by atoms with van der Waals surface area (Å²) in [6.45, 7) is 2.40. The molecule has 25 heavy (non-hydrogen) atoms. The minimum atomic E-state index is 0. The highest BCUT2D eigenvalue weighted by atomic mass is 127. The molecule has 0 bridgehead atoms. The molecule has 3 N–H and O–H groups in total. The first-order valence-electron chi connectivity index (χ1n) is 8.30. The van der Waals surface area contributed by atoms with Crippen molar-refractivity contribution in [3.05, 3.63) is 66.6 Å². The van der Waals surface area contributed by atoms with E-state index in [2.05, 4.69) is 56.4 Å². The Labute approximate surface area is 165 Å². The number of para-hydroxylation sites is 1. The summed E-state index contributed by atoms with van der Waals surface area (Å²) in [4.78, 5) is 8.67. The number of benzene rings is 1. The second-order valence-corrected chi connectivity index (χ2v) is 5.69. The van der Waals surface area contributed by atoms with E-state index in [1.54, 1.807) is 6.20 Å². The van der Waals surface area contributed by atoms with Crippen molar-refractivity contribution in [1.82, 2.24) is 14.9 Å². The highest BCUT2D eigenvalue weighted by Crippen LogP contribution is 2.15. The molecule has 0 aliphatic rings. The van der Waals surface area contributed by atoms with E-state index in [1.165, 1.54) is 10.9 Å². The summed E-state index contributed by atoms with van der Waals surface area (Å²) in [6, 6.07) is 16.5. The summed E-state index contributed by atoms with van der Waals surface area (Å²) in [5.41, 5.74) is 8.22. The van der Waals surface area contributed by atoms with Gasteiger partial charge in [0.1, 0.15) is 0 Å². The first-order chi connectivity index (χ1) is 11.8. The number of nitrogens with one attached hydrogen (secondary N) is 1. The Bertz CT molecular complexity index is 798. The zero-order valence-electron chi connectivity index (χ0n) is 14.1. The summed E-state index contributed by atoms with van der Waals surface area (Å²) in [6.07, 6.45) is 5.73. The Morgan fingerprint density at radius 2 is 1.96 bits per heavy atom. The van der Waals surface area contributed by atoms with Crippen LogP contribution in [0, 0.1) is 0 Å². The van der Waals surface area contributed by atoms with Crippen LogP contribution in [-0.4, -0.2) is 28.6 Å². The van der Waals surface area contributed by atoms with Gasteiger partial charge in [0.25, 0.3) is 0 Å². The first kappa shape index (κ1) is 19.2. The van der Waals surface area contributed by atoms with Gasteiger partial charge < -0.3 is 15.6 Å². The average molecular weight is 449 g/mol. The number of aryl methyl sites for hydroxylation is 1. The Balaban J connectivity index is 0.00000225. The number of fused-ring (bicyclic) bond motifs is 1. The number of guanidine groups is 1. The largest absolute Gasteiger partial charge is 0.370 e. The minimum Gasteiger partial charge on any atom is -0.370 e. The van der Waals surface area contributed by atoms with Crippen LogP contribution >= 0.6 is 24.0 Å². The monoisotopic (exact) mass is 449 g/mol. The third-order valence-electron chi connectivity index (χ3n) is 3.93. The maximum atomic E-state index is 5.90. The van der Waals surface area contributed by atoms with Gasteiger partial charge in [0, 0.05) is 49.7 Å². The van der Waals surface area contributed by atoms with Gasteiger partial charge in [-0.15, -0.1) is 24.0 Å². The maximum Gasteiger partial charge on any atom is 0.188 e. The van der Waals surface area contributed by atoms with Crippen molar-refractivity contribution < 1.29 is 0 Å². The summed E-state index contributed by atoms with van der Waals surface area (Å²) in [7, 11) is 0. The maximum absolute atomic E-state index is 5.90. The van der Waals surface area contributed by atoms with Gasteiger partial charge in [-0.05, 0) is 36.1 Å². The summed E-state index contributed by atoms with van der Waals surface area (Å²) in [5.74, 6) is 0.503. The number of aliphatic imine (C=N–C) groups is 1. The SMILES string of the molecule is I.NC(=NCCCn1ccc2ccccc21)NCCc1ccccn1. The van der Waals surface area contributed by atoms with Crippen molar-refractivity contribution in [2.75, 3.05) is 13.1 Å². The number of hydrogen-bond donors (Lipinski definition) is 2. The number of hydrogen-bond acceptors (Lipinski definition) is 2. The Kier molecular flexibility index (Phi) is 7.72. The van der Waals surface area contributed by atoms with Crippen molar-refractivity contribution in [2.24, 2.45) is 10.7 Å². The fraction of sp³-hybridized carbons (Fsp3) is 0.263. The van der Waals surface area contributed by atoms with Gasteiger partial charge in [-0.2, -0.15) is 0 Å². The normalized spacial score (nSPS) is 11.3. The van der Waals surface area contributed by atoms with E-state index >= 15 is 0 Å². The number of nitrogens with zero attached hydrogens (tertiary/aromatic N) is 3. The lowest BCUT2D eigenvalue weighted by atomic mass is 10.2. The zero-order valence-corrected chi connectivity index (χ0v) is 16.5. The van der Waals surface area contributed by atoms with Crippen LogP contribution in [0.15, 0.2) is 65.9 Å². The first-order valence-corrected chi connectivity index (χ1v) is 8.30. The molecule has 0 aliphatic carbocycles. The van der Waals surface area contributed by atoms with Crippen LogP contribution < -0.4 is 11.1 Å². The summed E-state index contributed by atoms with van der Waals surface area (Å²) >= 11 is 0. The van der Waals surface area contributed by atoms with Gasteiger partial charge in [-0.1, -0.05) is 24.3 Å². The molecule has 0 spiro atoms. The number of aromatic nitrogens is 2. The molecule has 2 aromatic heterocycles. The molecule has 0 radical (unpaired) electrons. The molecular weight excluding hydrogens is 425 g/mol. The number of nitrogens with two attached hydrogens (primary N) is 1. The standard InChI is InChI=1S/C19H23N5.HI/c20-19(23-13-9-17-7-3-4-11-21-17)22-12-5-14-24-15-10-16-6-1-2-8-18(16)24;/h1-4,6-8,10-11,15H,5,9,12-14H2,(H3,20,22,23);1H. The zero-order chi connectivity index (χ0) is 16.6. The molecule has 3 aromatic rings. The number of rotatable bonds is 7. The lowest BCUT2D eigenvalue weighted by molar-refractivity contribution is 0.669. The molecule has 132 valence electrons. The summed E-state index contributed by atoms with van der Waals surface area (Å²) in [5, 5.41) is 4.41. The van der Waals surface area contributed by atoms with Gasteiger partial charge in [0.2, 0.25) is 0 Å². The Morgan fingerprint density at radius 3 is 2.80 bits per heavy atom. The molecule has 0 atom stereocenters. The lowest BCUT2D eigenvalue weighted by Crippen LogP contribution is -2.33.